The maximum atomic E-state index is 12.3. The van der Waals surface area contributed by atoms with Crippen LogP contribution in [0.15, 0.2) is 0 Å². The predicted molar refractivity (Wildman–Crippen MR) is 70.7 cm³/mol. The summed E-state index contributed by atoms with van der Waals surface area (Å²) in [6.45, 7) is 8.92. The normalized spacial score (nSPS) is 23.8. The van der Waals surface area contributed by atoms with Crippen LogP contribution < -0.4 is 5.73 Å². The first-order chi connectivity index (χ1) is 7.97. The lowest BCUT2D eigenvalue weighted by molar-refractivity contribution is -0.136. The van der Waals surface area contributed by atoms with Gasteiger partial charge in [-0.25, -0.2) is 0 Å². The third-order valence-electron chi connectivity index (χ3n) is 3.67. The molecule has 0 aliphatic carbocycles. The van der Waals surface area contributed by atoms with E-state index in [0.29, 0.717) is 6.04 Å². The highest BCUT2D eigenvalue weighted by Crippen LogP contribution is 2.16. The number of nitrogens with two attached hydrogens (primary N) is 1. The van der Waals surface area contributed by atoms with Gasteiger partial charge in [-0.05, 0) is 39.3 Å². The molecule has 1 saturated heterocycles. The highest BCUT2D eigenvalue weighted by atomic mass is 16.2. The summed E-state index contributed by atoms with van der Waals surface area (Å²) in [4.78, 5) is 16.6. The molecule has 0 bridgehead atoms. The summed E-state index contributed by atoms with van der Waals surface area (Å²) >= 11 is 0. The van der Waals surface area contributed by atoms with E-state index in [-0.39, 0.29) is 17.9 Å². The van der Waals surface area contributed by atoms with Gasteiger partial charge in [-0.15, -0.1) is 0 Å². The van der Waals surface area contributed by atoms with Crippen LogP contribution in [0.25, 0.3) is 0 Å². The lowest BCUT2D eigenvalue weighted by atomic mass is 10.00. The molecular formula is C13H27N3O. The van der Waals surface area contributed by atoms with Crippen molar-refractivity contribution in [3.63, 3.8) is 0 Å². The van der Waals surface area contributed by atoms with Crippen LogP contribution in [-0.2, 0) is 4.79 Å². The summed E-state index contributed by atoms with van der Waals surface area (Å²) in [5.41, 5.74) is 5.97. The fraction of sp³-hybridized carbons (Fsp3) is 0.923. The summed E-state index contributed by atoms with van der Waals surface area (Å²) in [5, 5.41) is 0. The Balaban J connectivity index is 2.66. The van der Waals surface area contributed by atoms with Crippen molar-refractivity contribution in [2.75, 3.05) is 26.7 Å². The van der Waals surface area contributed by atoms with Crippen molar-refractivity contribution >= 4 is 5.91 Å². The van der Waals surface area contributed by atoms with Crippen LogP contribution in [0.5, 0.6) is 0 Å². The van der Waals surface area contributed by atoms with Gasteiger partial charge in [0.2, 0.25) is 5.91 Å². The Morgan fingerprint density at radius 2 is 2.18 bits per heavy atom. The third kappa shape index (κ3) is 3.68. The maximum absolute atomic E-state index is 12.3. The zero-order valence-corrected chi connectivity index (χ0v) is 11.6. The molecule has 0 aromatic rings. The van der Waals surface area contributed by atoms with Crippen molar-refractivity contribution in [2.45, 2.75) is 45.7 Å². The maximum Gasteiger partial charge on any atom is 0.240 e. The van der Waals surface area contributed by atoms with Crippen LogP contribution in [0.1, 0.15) is 33.6 Å². The van der Waals surface area contributed by atoms with E-state index in [9.17, 15) is 4.79 Å². The topological polar surface area (TPSA) is 49.6 Å². The molecule has 17 heavy (non-hydrogen) atoms. The van der Waals surface area contributed by atoms with Gasteiger partial charge in [0.15, 0.2) is 0 Å². The molecule has 100 valence electrons. The van der Waals surface area contributed by atoms with Crippen LogP contribution in [0.3, 0.4) is 0 Å². The minimum Gasteiger partial charge on any atom is -0.337 e. The Kier molecular flexibility index (Phi) is 5.40. The van der Waals surface area contributed by atoms with E-state index < -0.39 is 0 Å². The van der Waals surface area contributed by atoms with Gasteiger partial charge in [0.1, 0.15) is 0 Å². The number of rotatable bonds is 4. The highest BCUT2D eigenvalue weighted by Gasteiger charge is 2.30. The van der Waals surface area contributed by atoms with Crippen molar-refractivity contribution in [2.24, 2.45) is 11.7 Å². The smallest absolute Gasteiger partial charge is 0.240 e. The van der Waals surface area contributed by atoms with Gasteiger partial charge in [-0.3, -0.25) is 4.79 Å². The molecule has 0 aromatic heterocycles. The van der Waals surface area contributed by atoms with Crippen molar-refractivity contribution < 1.29 is 4.79 Å². The van der Waals surface area contributed by atoms with Crippen LogP contribution >= 0.6 is 0 Å². The molecule has 1 aliphatic heterocycles. The molecule has 1 amide bonds. The first-order valence-electron chi connectivity index (χ1n) is 6.72. The van der Waals surface area contributed by atoms with E-state index in [1.54, 1.807) is 0 Å². The standard InChI is InChI=1S/C13H27N3O/c1-5-16(13(17)12(14)10(2)3)11-7-6-8-15(4)9-11/h10-12H,5-9,14H2,1-4H3/t11-,12-/m0/s1. The molecule has 0 aromatic carbocycles. The molecule has 1 aliphatic rings. The zero-order valence-electron chi connectivity index (χ0n) is 11.6. The van der Waals surface area contributed by atoms with E-state index >= 15 is 0 Å². The van der Waals surface area contributed by atoms with Crippen molar-refractivity contribution in [3.05, 3.63) is 0 Å². The molecule has 0 spiro atoms. The fourth-order valence-corrected chi connectivity index (χ4v) is 2.46. The number of carbonyl (C=O) groups excluding carboxylic acids is 1. The Morgan fingerprint density at radius 1 is 1.53 bits per heavy atom. The van der Waals surface area contributed by atoms with Gasteiger partial charge in [-0.1, -0.05) is 13.8 Å². The summed E-state index contributed by atoms with van der Waals surface area (Å²) in [6.07, 6.45) is 2.27. The van der Waals surface area contributed by atoms with E-state index in [1.165, 1.54) is 6.42 Å². The minimum absolute atomic E-state index is 0.114. The molecule has 2 N–H and O–H groups in total. The molecule has 2 atom stereocenters. The van der Waals surface area contributed by atoms with Gasteiger partial charge in [0.25, 0.3) is 0 Å². The highest BCUT2D eigenvalue weighted by molar-refractivity contribution is 5.82. The molecule has 1 fully saturated rings. The molecule has 4 heteroatoms. The summed E-state index contributed by atoms with van der Waals surface area (Å²) in [6, 6.07) is -0.0155. The Labute approximate surface area is 105 Å². The molecule has 0 saturated carbocycles. The summed E-state index contributed by atoms with van der Waals surface area (Å²) in [5.74, 6) is 0.320. The fourth-order valence-electron chi connectivity index (χ4n) is 2.46. The number of piperidine rings is 1. The molecule has 4 nitrogen and oxygen atoms in total. The minimum atomic E-state index is -0.359. The van der Waals surface area contributed by atoms with Crippen molar-refractivity contribution in [1.29, 1.82) is 0 Å². The number of likely N-dealkylation sites (N-methyl/N-ethyl adjacent to an activating group) is 2. The van der Waals surface area contributed by atoms with Gasteiger partial charge in [0, 0.05) is 19.1 Å². The molecular weight excluding hydrogens is 214 g/mol. The van der Waals surface area contributed by atoms with Gasteiger partial charge >= 0.3 is 0 Å². The van der Waals surface area contributed by atoms with Crippen LogP contribution in [0.4, 0.5) is 0 Å². The van der Waals surface area contributed by atoms with E-state index in [1.807, 2.05) is 25.7 Å². The second-order valence-corrected chi connectivity index (χ2v) is 5.45. The predicted octanol–water partition coefficient (Wildman–Crippen LogP) is 0.912. The van der Waals surface area contributed by atoms with Gasteiger partial charge < -0.3 is 15.5 Å². The largest absolute Gasteiger partial charge is 0.337 e. The SMILES string of the molecule is CCN(C(=O)[C@@H](N)C(C)C)[C@H]1CCCN(C)C1. The molecule has 1 heterocycles. The number of likely N-dealkylation sites (tertiary alicyclic amines) is 1. The number of nitrogens with zero attached hydrogens (tertiary/aromatic N) is 2. The van der Waals surface area contributed by atoms with E-state index in [0.717, 1.165) is 26.1 Å². The van der Waals surface area contributed by atoms with Gasteiger partial charge in [-0.2, -0.15) is 0 Å². The Morgan fingerprint density at radius 3 is 2.65 bits per heavy atom. The number of carbonyl (C=O) groups is 1. The monoisotopic (exact) mass is 241 g/mol. The van der Waals surface area contributed by atoms with Crippen LogP contribution in [-0.4, -0.2) is 54.5 Å². The van der Waals surface area contributed by atoms with E-state index in [2.05, 4.69) is 11.9 Å². The lowest BCUT2D eigenvalue weighted by Gasteiger charge is -2.39. The average Bonchev–Trinajstić information content (AvgIpc) is 2.28. The van der Waals surface area contributed by atoms with Crippen molar-refractivity contribution in [1.82, 2.24) is 9.80 Å². The van der Waals surface area contributed by atoms with Crippen LogP contribution in [0, 0.1) is 5.92 Å². The van der Waals surface area contributed by atoms with E-state index in [4.69, 9.17) is 5.73 Å². The third-order valence-corrected chi connectivity index (χ3v) is 3.67. The number of hydrogen-bond donors (Lipinski definition) is 1. The average molecular weight is 241 g/mol. The number of hydrogen-bond acceptors (Lipinski definition) is 3. The molecule has 1 rings (SSSR count). The second kappa shape index (κ2) is 6.36. The quantitative estimate of drug-likeness (QED) is 0.796. The van der Waals surface area contributed by atoms with Crippen LogP contribution in [0.2, 0.25) is 0 Å². The summed E-state index contributed by atoms with van der Waals surface area (Å²) < 4.78 is 0. The Bertz CT molecular complexity index is 255. The second-order valence-electron chi connectivity index (χ2n) is 5.45. The van der Waals surface area contributed by atoms with Gasteiger partial charge in [0.05, 0.1) is 6.04 Å². The molecule has 0 radical (unpaired) electrons. The number of amides is 1. The van der Waals surface area contributed by atoms with Crippen molar-refractivity contribution in [3.8, 4) is 0 Å². The lowest BCUT2D eigenvalue weighted by Crippen LogP contribution is -2.54. The Hall–Kier alpha value is -0.610. The first-order valence-corrected chi connectivity index (χ1v) is 6.72. The first kappa shape index (κ1) is 14.5. The zero-order chi connectivity index (χ0) is 13.0. The molecule has 0 unspecified atom stereocenters. The summed E-state index contributed by atoms with van der Waals surface area (Å²) in [7, 11) is 2.12.